The van der Waals surface area contributed by atoms with Crippen molar-refractivity contribution in [3.05, 3.63) is 29.8 Å². The van der Waals surface area contributed by atoms with E-state index in [9.17, 15) is 17.6 Å². The lowest BCUT2D eigenvalue weighted by atomic mass is 9.78. The summed E-state index contributed by atoms with van der Waals surface area (Å²) >= 11 is 0. The first-order valence-corrected chi connectivity index (χ1v) is 7.11. The van der Waals surface area contributed by atoms with Gasteiger partial charge in [-0.2, -0.15) is 17.6 Å². The third kappa shape index (κ3) is 2.99. The van der Waals surface area contributed by atoms with Gasteiger partial charge >= 0.3 is 19.1 Å². The molecule has 1 saturated heterocycles. The first-order valence-electron chi connectivity index (χ1n) is 7.11. The summed E-state index contributed by atoms with van der Waals surface area (Å²) in [5.74, 6) is -4.43. The van der Waals surface area contributed by atoms with Gasteiger partial charge in [0.1, 0.15) is 0 Å². The molecular weight excluding hydrogens is 315 g/mol. The fourth-order valence-electron chi connectivity index (χ4n) is 2.12. The largest absolute Gasteiger partial charge is 0.494 e. The molecule has 1 aromatic carbocycles. The van der Waals surface area contributed by atoms with Crippen molar-refractivity contribution in [3.8, 4) is 0 Å². The lowest BCUT2D eigenvalue weighted by molar-refractivity contribution is -0.344. The number of hydrogen-bond acceptors (Lipinski definition) is 3. The maximum Gasteiger partial charge on any atom is 0.494 e. The van der Waals surface area contributed by atoms with Gasteiger partial charge in [-0.05, 0) is 33.2 Å². The summed E-state index contributed by atoms with van der Waals surface area (Å²) in [5, 5.41) is 0. The van der Waals surface area contributed by atoms with E-state index in [-0.39, 0.29) is 0 Å². The molecule has 128 valence electrons. The summed E-state index contributed by atoms with van der Waals surface area (Å²) in [6.07, 6.45) is -4.58. The van der Waals surface area contributed by atoms with E-state index in [0.717, 1.165) is 12.1 Å². The quantitative estimate of drug-likeness (QED) is 0.625. The van der Waals surface area contributed by atoms with E-state index < -0.39 is 35.9 Å². The molecule has 0 atom stereocenters. The fraction of sp³-hybridized carbons (Fsp3) is 0.600. The molecule has 0 aliphatic carbocycles. The van der Waals surface area contributed by atoms with Gasteiger partial charge in [-0.3, -0.25) is 0 Å². The maximum absolute atomic E-state index is 13.8. The molecule has 23 heavy (non-hydrogen) atoms. The highest BCUT2D eigenvalue weighted by molar-refractivity contribution is 6.62. The van der Waals surface area contributed by atoms with E-state index in [0.29, 0.717) is 12.6 Å². The Morgan fingerprint density at radius 1 is 0.913 bits per heavy atom. The van der Waals surface area contributed by atoms with Gasteiger partial charge in [0.05, 0.1) is 11.2 Å². The summed E-state index contributed by atoms with van der Waals surface area (Å²) < 4.78 is 69.1. The molecule has 0 aromatic heterocycles. The normalized spacial score (nSPS) is 20.8. The van der Waals surface area contributed by atoms with Crippen LogP contribution in [0.4, 0.5) is 17.6 Å². The Balaban J connectivity index is 2.25. The van der Waals surface area contributed by atoms with Gasteiger partial charge in [-0.15, -0.1) is 0 Å². The van der Waals surface area contributed by atoms with Crippen LogP contribution in [-0.4, -0.2) is 31.5 Å². The van der Waals surface area contributed by atoms with Gasteiger partial charge in [0.25, 0.3) is 0 Å². The topological polar surface area (TPSA) is 27.7 Å². The number of hydrogen-bond donors (Lipinski definition) is 0. The van der Waals surface area contributed by atoms with E-state index in [1.165, 1.54) is 12.1 Å². The van der Waals surface area contributed by atoms with Crippen molar-refractivity contribution < 1.29 is 31.6 Å². The molecule has 0 amide bonds. The van der Waals surface area contributed by atoms with E-state index >= 15 is 0 Å². The minimum atomic E-state index is -4.58. The fourth-order valence-corrected chi connectivity index (χ4v) is 2.12. The highest BCUT2D eigenvalue weighted by Gasteiger charge is 2.58. The Bertz CT molecular complexity index is 557. The van der Waals surface area contributed by atoms with Crippen molar-refractivity contribution in [2.75, 3.05) is 7.11 Å². The maximum atomic E-state index is 13.8. The highest BCUT2D eigenvalue weighted by Crippen LogP contribution is 2.43. The van der Waals surface area contributed by atoms with E-state index in [2.05, 4.69) is 4.74 Å². The average molecular weight is 334 g/mol. The first kappa shape index (κ1) is 18.2. The molecule has 0 N–H and O–H groups in total. The van der Waals surface area contributed by atoms with Crippen LogP contribution in [0.2, 0.25) is 0 Å². The minimum absolute atomic E-state index is 0.476. The molecule has 0 saturated carbocycles. The van der Waals surface area contributed by atoms with Crippen molar-refractivity contribution in [3.63, 3.8) is 0 Å². The zero-order chi connectivity index (χ0) is 17.7. The molecular formula is C15H19BF4O3. The van der Waals surface area contributed by atoms with Crippen molar-refractivity contribution in [1.29, 1.82) is 0 Å². The second kappa shape index (κ2) is 5.46. The molecule has 3 nitrogen and oxygen atoms in total. The Morgan fingerprint density at radius 3 is 1.74 bits per heavy atom. The molecule has 8 heteroatoms. The lowest BCUT2D eigenvalue weighted by Crippen LogP contribution is -2.41. The monoisotopic (exact) mass is 334 g/mol. The van der Waals surface area contributed by atoms with Crippen LogP contribution in [0.3, 0.4) is 0 Å². The van der Waals surface area contributed by atoms with Crippen LogP contribution in [0.1, 0.15) is 33.3 Å². The number of methoxy groups -OCH3 is 1. The molecule has 2 rings (SSSR count). The number of alkyl halides is 4. The standard InChI is InChI=1S/C15H19BF4O3/c1-12(2)13(3,4)23-16(22-12)11-8-6-10(7-9-11)14(17,18)15(19,20)21-5/h6-9H,1-5H3. The van der Waals surface area contributed by atoms with E-state index in [1.807, 2.05) is 27.7 Å². The third-order valence-electron chi connectivity index (χ3n) is 4.42. The zero-order valence-electron chi connectivity index (χ0n) is 13.6. The van der Waals surface area contributed by atoms with Crippen LogP contribution in [0.5, 0.6) is 0 Å². The summed E-state index contributed by atoms with van der Waals surface area (Å²) in [4.78, 5) is 0. The van der Waals surface area contributed by atoms with Crippen LogP contribution in [0, 0.1) is 0 Å². The van der Waals surface area contributed by atoms with Crippen LogP contribution in [0.15, 0.2) is 24.3 Å². The summed E-state index contributed by atoms with van der Waals surface area (Å²) in [7, 11) is -0.210. The van der Waals surface area contributed by atoms with Crippen molar-refractivity contribution in [1.82, 2.24) is 0 Å². The van der Waals surface area contributed by atoms with Gasteiger partial charge < -0.3 is 14.0 Å². The molecule has 0 radical (unpaired) electrons. The second-order valence-electron chi connectivity index (χ2n) is 6.51. The van der Waals surface area contributed by atoms with Crippen LogP contribution >= 0.6 is 0 Å². The first-order chi connectivity index (χ1) is 10.3. The van der Waals surface area contributed by atoms with Crippen molar-refractivity contribution in [2.45, 2.75) is 50.9 Å². The molecule has 1 aliphatic heterocycles. The molecule has 0 unspecified atom stereocenters. The van der Waals surface area contributed by atoms with Gasteiger partial charge in [-0.1, -0.05) is 24.3 Å². The second-order valence-corrected chi connectivity index (χ2v) is 6.51. The molecule has 1 heterocycles. The Kier molecular flexibility index (Phi) is 4.33. The number of ether oxygens (including phenoxy) is 1. The Labute approximate surface area is 133 Å². The summed E-state index contributed by atoms with van der Waals surface area (Å²) in [6, 6.07) is 4.43. The molecule has 0 bridgehead atoms. The van der Waals surface area contributed by atoms with E-state index in [1.54, 1.807) is 0 Å². The van der Waals surface area contributed by atoms with E-state index in [4.69, 9.17) is 9.31 Å². The number of halogens is 4. The van der Waals surface area contributed by atoms with Gasteiger partial charge in [0.2, 0.25) is 0 Å². The lowest BCUT2D eigenvalue weighted by Gasteiger charge is -2.32. The third-order valence-corrected chi connectivity index (χ3v) is 4.42. The number of rotatable bonds is 4. The number of benzene rings is 1. The molecule has 0 spiro atoms. The highest BCUT2D eigenvalue weighted by atomic mass is 19.3. The predicted octanol–water partition coefficient (Wildman–Crippen LogP) is 3.32. The Hall–Kier alpha value is -1.12. The predicted molar refractivity (Wildman–Crippen MR) is 78.0 cm³/mol. The Morgan fingerprint density at radius 2 is 1.35 bits per heavy atom. The SMILES string of the molecule is COC(F)(F)C(F)(F)c1ccc(B2OC(C)(C)C(C)(C)O2)cc1. The summed E-state index contributed by atoms with van der Waals surface area (Å²) in [5.41, 5.74) is -1.53. The van der Waals surface area contributed by atoms with Gasteiger partial charge in [0, 0.05) is 12.7 Å². The molecule has 1 aromatic rings. The van der Waals surface area contributed by atoms with Crippen molar-refractivity contribution in [2.24, 2.45) is 0 Å². The average Bonchev–Trinajstić information content (AvgIpc) is 2.67. The molecule has 1 aliphatic rings. The van der Waals surface area contributed by atoms with Crippen LogP contribution < -0.4 is 5.46 Å². The smallest absolute Gasteiger partial charge is 0.399 e. The summed E-state index contributed by atoms with van der Waals surface area (Å²) in [6.45, 7) is 7.42. The molecule has 1 fully saturated rings. The van der Waals surface area contributed by atoms with Crippen molar-refractivity contribution >= 4 is 12.6 Å². The minimum Gasteiger partial charge on any atom is -0.399 e. The van der Waals surface area contributed by atoms with Gasteiger partial charge in [0.15, 0.2) is 0 Å². The van der Waals surface area contributed by atoms with Crippen LogP contribution in [-0.2, 0) is 20.0 Å². The van der Waals surface area contributed by atoms with Crippen LogP contribution in [0.25, 0.3) is 0 Å². The zero-order valence-corrected chi connectivity index (χ0v) is 13.6. The van der Waals surface area contributed by atoms with Gasteiger partial charge in [-0.25, -0.2) is 0 Å².